The van der Waals surface area contributed by atoms with Gasteiger partial charge in [0.15, 0.2) is 5.96 Å². The van der Waals surface area contributed by atoms with Crippen LogP contribution in [-0.4, -0.2) is 23.4 Å². The summed E-state index contributed by atoms with van der Waals surface area (Å²) >= 11 is 1.68. The number of carbonyl (C=O) groups excluding carboxylic acids is 1. The van der Waals surface area contributed by atoms with E-state index in [0.29, 0.717) is 13.1 Å². The minimum absolute atomic E-state index is 0.0202. The Kier molecular flexibility index (Phi) is 7.59. The molecule has 1 heterocycles. The molecule has 2 aromatic rings. The maximum absolute atomic E-state index is 11.7. The van der Waals surface area contributed by atoms with Crippen LogP contribution in [0, 0.1) is 12.8 Å². The van der Waals surface area contributed by atoms with Gasteiger partial charge in [0.2, 0.25) is 5.91 Å². The molecule has 3 N–H and O–H groups in total. The van der Waals surface area contributed by atoms with Crippen molar-refractivity contribution >= 4 is 28.9 Å². The van der Waals surface area contributed by atoms with Crippen molar-refractivity contribution in [3.05, 3.63) is 45.9 Å². The summed E-state index contributed by atoms with van der Waals surface area (Å²) < 4.78 is 0. The number of nitrogens with one attached hydrogen (secondary N) is 3. The van der Waals surface area contributed by atoms with E-state index >= 15 is 0 Å². The third-order valence-electron chi connectivity index (χ3n) is 3.59. The summed E-state index contributed by atoms with van der Waals surface area (Å²) in [6.07, 6.45) is 1.88. The lowest BCUT2D eigenvalue weighted by Gasteiger charge is -2.10. The third-order valence-corrected chi connectivity index (χ3v) is 4.50. The second-order valence-corrected chi connectivity index (χ2v) is 7.57. The van der Waals surface area contributed by atoms with E-state index in [-0.39, 0.29) is 11.8 Å². The van der Waals surface area contributed by atoms with E-state index in [1.165, 1.54) is 4.88 Å². The van der Waals surface area contributed by atoms with E-state index in [0.717, 1.165) is 28.8 Å². The van der Waals surface area contributed by atoms with E-state index in [1.807, 2.05) is 58.2 Å². The fourth-order valence-corrected chi connectivity index (χ4v) is 2.86. The molecule has 0 fully saturated rings. The SMILES string of the molecule is CCNC(=NCc1ccc(NC(=O)C(C)C)cc1)NCc1ncc(C)s1. The molecule has 0 saturated carbocycles. The molecule has 6 nitrogen and oxygen atoms in total. The van der Waals surface area contributed by atoms with Gasteiger partial charge in [0, 0.05) is 29.2 Å². The number of hydrogen-bond acceptors (Lipinski definition) is 4. The number of thiazole rings is 1. The van der Waals surface area contributed by atoms with Crippen LogP contribution < -0.4 is 16.0 Å². The Labute approximate surface area is 159 Å². The van der Waals surface area contributed by atoms with Gasteiger partial charge in [0.25, 0.3) is 0 Å². The highest BCUT2D eigenvalue weighted by Crippen LogP contribution is 2.12. The Morgan fingerprint density at radius 3 is 2.54 bits per heavy atom. The average molecular weight is 374 g/mol. The molecule has 1 amide bonds. The third kappa shape index (κ3) is 6.48. The minimum atomic E-state index is -0.0327. The van der Waals surface area contributed by atoms with Crippen molar-refractivity contribution in [1.82, 2.24) is 15.6 Å². The maximum atomic E-state index is 11.7. The summed E-state index contributed by atoms with van der Waals surface area (Å²) in [6, 6.07) is 7.77. The fraction of sp³-hybridized carbons (Fsp3) is 0.421. The highest BCUT2D eigenvalue weighted by molar-refractivity contribution is 7.11. The summed E-state index contributed by atoms with van der Waals surface area (Å²) in [7, 11) is 0. The first-order valence-corrected chi connectivity index (χ1v) is 9.63. The Morgan fingerprint density at radius 1 is 1.23 bits per heavy atom. The molecule has 0 saturated heterocycles. The van der Waals surface area contributed by atoms with Crippen LogP contribution in [0.25, 0.3) is 0 Å². The van der Waals surface area contributed by atoms with Crippen molar-refractivity contribution in [2.45, 2.75) is 40.8 Å². The van der Waals surface area contributed by atoms with Crippen LogP contribution in [0.15, 0.2) is 35.5 Å². The lowest BCUT2D eigenvalue weighted by atomic mass is 10.2. The van der Waals surface area contributed by atoms with Gasteiger partial charge in [0.1, 0.15) is 5.01 Å². The molecule has 0 bridgehead atoms. The van der Waals surface area contributed by atoms with Crippen molar-refractivity contribution in [2.24, 2.45) is 10.9 Å². The van der Waals surface area contributed by atoms with Gasteiger partial charge in [-0.1, -0.05) is 26.0 Å². The van der Waals surface area contributed by atoms with Crippen LogP contribution in [-0.2, 0) is 17.9 Å². The van der Waals surface area contributed by atoms with Gasteiger partial charge < -0.3 is 16.0 Å². The molecule has 0 aliphatic heterocycles. The van der Waals surface area contributed by atoms with E-state index < -0.39 is 0 Å². The van der Waals surface area contributed by atoms with Gasteiger partial charge in [-0.25, -0.2) is 9.98 Å². The lowest BCUT2D eigenvalue weighted by Crippen LogP contribution is -2.36. The average Bonchev–Trinajstić information content (AvgIpc) is 3.04. The number of aryl methyl sites for hydroxylation is 1. The van der Waals surface area contributed by atoms with E-state index in [9.17, 15) is 4.79 Å². The molecule has 26 heavy (non-hydrogen) atoms. The van der Waals surface area contributed by atoms with Gasteiger partial charge in [-0.05, 0) is 31.5 Å². The van der Waals surface area contributed by atoms with Crippen molar-refractivity contribution in [1.29, 1.82) is 0 Å². The number of aliphatic imine (C=N–C) groups is 1. The van der Waals surface area contributed by atoms with Crippen LogP contribution in [0.3, 0.4) is 0 Å². The zero-order chi connectivity index (χ0) is 18.9. The van der Waals surface area contributed by atoms with E-state index in [4.69, 9.17) is 0 Å². The summed E-state index contributed by atoms with van der Waals surface area (Å²) in [6.45, 7) is 9.85. The summed E-state index contributed by atoms with van der Waals surface area (Å²) in [5.74, 6) is 0.749. The van der Waals surface area contributed by atoms with Crippen molar-refractivity contribution in [2.75, 3.05) is 11.9 Å². The first-order valence-electron chi connectivity index (χ1n) is 8.81. The number of aromatic nitrogens is 1. The van der Waals surface area contributed by atoms with Crippen LogP contribution in [0.1, 0.15) is 36.2 Å². The standard InChI is InChI=1S/C19H27N5OS/c1-5-20-19(23-12-17-21-10-14(4)26-17)22-11-15-6-8-16(9-7-15)24-18(25)13(2)3/h6-10,13H,5,11-12H2,1-4H3,(H,24,25)(H2,20,22,23). The molecule has 0 aliphatic carbocycles. The van der Waals surface area contributed by atoms with Gasteiger partial charge in [0.05, 0.1) is 13.1 Å². The molecule has 1 aromatic carbocycles. The summed E-state index contributed by atoms with van der Waals surface area (Å²) in [5, 5.41) is 10.5. The van der Waals surface area contributed by atoms with Gasteiger partial charge >= 0.3 is 0 Å². The number of nitrogens with zero attached hydrogens (tertiary/aromatic N) is 2. The number of amides is 1. The summed E-state index contributed by atoms with van der Waals surface area (Å²) in [4.78, 5) is 21.9. The monoisotopic (exact) mass is 373 g/mol. The highest BCUT2D eigenvalue weighted by Gasteiger charge is 2.07. The van der Waals surface area contributed by atoms with Crippen LogP contribution in [0.2, 0.25) is 0 Å². The fourth-order valence-electron chi connectivity index (χ4n) is 2.13. The quantitative estimate of drug-likeness (QED) is 0.514. The number of benzene rings is 1. The molecule has 2 rings (SSSR count). The number of hydrogen-bond donors (Lipinski definition) is 3. The minimum Gasteiger partial charge on any atom is -0.357 e. The van der Waals surface area contributed by atoms with Crippen LogP contribution in [0.5, 0.6) is 0 Å². The Hall–Kier alpha value is -2.41. The van der Waals surface area contributed by atoms with Crippen LogP contribution >= 0.6 is 11.3 Å². The zero-order valence-corrected chi connectivity index (χ0v) is 16.6. The van der Waals surface area contributed by atoms with Crippen molar-refractivity contribution in [3.63, 3.8) is 0 Å². The molecule has 0 radical (unpaired) electrons. The van der Waals surface area contributed by atoms with Gasteiger partial charge in [-0.2, -0.15) is 0 Å². The topological polar surface area (TPSA) is 78.4 Å². The lowest BCUT2D eigenvalue weighted by molar-refractivity contribution is -0.118. The van der Waals surface area contributed by atoms with Crippen LogP contribution in [0.4, 0.5) is 5.69 Å². The van der Waals surface area contributed by atoms with Crippen molar-refractivity contribution in [3.8, 4) is 0 Å². The number of rotatable bonds is 7. The zero-order valence-electron chi connectivity index (χ0n) is 15.8. The Balaban J connectivity index is 1.92. The van der Waals surface area contributed by atoms with Crippen molar-refractivity contribution < 1.29 is 4.79 Å². The first kappa shape index (κ1) is 19.9. The summed E-state index contributed by atoms with van der Waals surface area (Å²) in [5.41, 5.74) is 1.88. The normalized spacial score (nSPS) is 11.5. The number of guanidine groups is 1. The molecule has 7 heteroatoms. The first-order chi connectivity index (χ1) is 12.5. The molecule has 0 atom stereocenters. The second kappa shape index (κ2) is 9.91. The van der Waals surface area contributed by atoms with E-state index in [2.05, 4.69) is 25.9 Å². The number of carbonyl (C=O) groups is 1. The molecule has 1 aromatic heterocycles. The molecular formula is C19H27N5OS. The molecule has 0 unspecified atom stereocenters. The highest BCUT2D eigenvalue weighted by atomic mass is 32.1. The molecular weight excluding hydrogens is 346 g/mol. The maximum Gasteiger partial charge on any atom is 0.226 e. The molecule has 0 spiro atoms. The Morgan fingerprint density at radius 2 is 1.96 bits per heavy atom. The van der Waals surface area contributed by atoms with Gasteiger partial charge in [-0.3, -0.25) is 4.79 Å². The predicted molar refractivity (Wildman–Crippen MR) is 108 cm³/mol. The molecule has 140 valence electrons. The number of anilines is 1. The largest absolute Gasteiger partial charge is 0.357 e. The predicted octanol–water partition coefficient (Wildman–Crippen LogP) is 3.30. The molecule has 0 aliphatic rings. The van der Waals surface area contributed by atoms with Gasteiger partial charge in [-0.15, -0.1) is 11.3 Å². The van der Waals surface area contributed by atoms with E-state index in [1.54, 1.807) is 11.3 Å². The smallest absolute Gasteiger partial charge is 0.226 e. The Bertz CT molecular complexity index is 737. The second-order valence-electron chi connectivity index (χ2n) is 6.25.